The zero-order valence-corrected chi connectivity index (χ0v) is 22.5. The fourth-order valence-electron chi connectivity index (χ4n) is 4.81. The topological polar surface area (TPSA) is 181 Å². The molecule has 1 fully saturated rings. The number of sulfonamides is 1. The number of benzene rings is 2. The number of hydrogen-bond acceptors (Lipinski definition) is 10. The van der Waals surface area contributed by atoms with E-state index in [9.17, 15) is 8.42 Å². The van der Waals surface area contributed by atoms with Crippen LogP contribution in [-0.4, -0.2) is 59.7 Å². The van der Waals surface area contributed by atoms with Gasteiger partial charge in [0.2, 0.25) is 11.9 Å². The maximum absolute atomic E-state index is 13.0. The van der Waals surface area contributed by atoms with Crippen LogP contribution in [-0.2, 0) is 10.0 Å². The van der Waals surface area contributed by atoms with E-state index >= 15 is 0 Å². The van der Waals surface area contributed by atoms with Gasteiger partial charge < -0.3 is 21.7 Å². The number of hydrogen-bond donors (Lipinski definition) is 5. The molecule has 1 aliphatic rings. The summed E-state index contributed by atoms with van der Waals surface area (Å²) in [6.45, 7) is 2.06. The number of aromatic amines is 1. The largest absolute Gasteiger partial charge is 0.338 e. The summed E-state index contributed by atoms with van der Waals surface area (Å²) in [6, 6.07) is 11.7. The molecule has 2 aromatic carbocycles. The van der Waals surface area contributed by atoms with Gasteiger partial charge in [0.15, 0.2) is 0 Å². The van der Waals surface area contributed by atoms with Crippen LogP contribution in [0.15, 0.2) is 53.6 Å². The van der Waals surface area contributed by atoms with Gasteiger partial charge in [0.25, 0.3) is 10.0 Å². The summed E-state index contributed by atoms with van der Waals surface area (Å²) in [5.41, 5.74) is 13.5. The maximum atomic E-state index is 13.0. The monoisotopic (exact) mass is 550 g/mol. The molecule has 0 bridgehead atoms. The van der Waals surface area contributed by atoms with Crippen LogP contribution in [0.5, 0.6) is 0 Å². The highest BCUT2D eigenvalue weighted by atomic mass is 32.2. The Morgan fingerprint density at radius 3 is 2.36 bits per heavy atom. The van der Waals surface area contributed by atoms with Crippen LogP contribution in [0.1, 0.15) is 43.8 Å². The first-order chi connectivity index (χ1) is 18.9. The number of aromatic nitrogens is 5. The van der Waals surface area contributed by atoms with Crippen LogP contribution in [0.3, 0.4) is 0 Å². The zero-order chi connectivity index (χ0) is 27.2. The van der Waals surface area contributed by atoms with E-state index in [2.05, 4.69) is 25.2 Å². The van der Waals surface area contributed by atoms with Gasteiger partial charge in [0.05, 0.1) is 22.3 Å². The highest BCUT2D eigenvalue weighted by Gasteiger charge is 2.22. The molecule has 1 aliphatic carbocycles. The van der Waals surface area contributed by atoms with Gasteiger partial charge in [-0.2, -0.15) is 20.1 Å². The number of anilines is 4. The van der Waals surface area contributed by atoms with Crippen LogP contribution in [0.2, 0.25) is 0 Å². The molecule has 7 N–H and O–H groups in total. The van der Waals surface area contributed by atoms with Crippen molar-refractivity contribution in [2.45, 2.75) is 42.9 Å². The summed E-state index contributed by atoms with van der Waals surface area (Å²) >= 11 is 0. The zero-order valence-electron chi connectivity index (χ0n) is 21.7. The van der Waals surface area contributed by atoms with Gasteiger partial charge >= 0.3 is 0 Å². The van der Waals surface area contributed by atoms with Crippen LogP contribution < -0.4 is 26.4 Å². The van der Waals surface area contributed by atoms with Crippen molar-refractivity contribution in [3.63, 3.8) is 0 Å². The van der Waals surface area contributed by atoms with Crippen LogP contribution in [0.25, 0.3) is 10.9 Å². The van der Waals surface area contributed by atoms with Gasteiger partial charge in [-0.25, -0.2) is 8.42 Å². The number of H-pyrrole nitrogens is 1. The van der Waals surface area contributed by atoms with Crippen LogP contribution >= 0.6 is 0 Å². The van der Waals surface area contributed by atoms with Gasteiger partial charge in [0, 0.05) is 43.2 Å². The lowest BCUT2D eigenvalue weighted by Crippen LogP contribution is -2.35. The van der Waals surface area contributed by atoms with Crippen molar-refractivity contribution in [2.24, 2.45) is 11.5 Å². The Bertz CT molecular complexity index is 1490. The molecule has 0 unspecified atom stereocenters. The van der Waals surface area contributed by atoms with Crippen molar-refractivity contribution < 1.29 is 8.42 Å². The molecule has 39 heavy (non-hydrogen) atoms. The third-order valence-electron chi connectivity index (χ3n) is 6.81. The average molecular weight is 551 g/mol. The average Bonchev–Trinajstić information content (AvgIpc) is 3.41. The smallest absolute Gasteiger partial charge is 0.261 e. The molecule has 0 aliphatic heterocycles. The number of rotatable bonds is 11. The molecule has 0 saturated heterocycles. The Kier molecular flexibility index (Phi) is 8.19. The van der Waals surface area contributed by atoms with E-state index < -0.39 is 10.0 Å². The van der Waals surface area contributed by atoms with Crippen LogP contribution in [0.4, 0.5) is 23.3 Å². The third-order valence-corrected chi connectivity index (χ3v) is 8.20. The minimum Gasteiger partial charge on any atom is -0.338 e. The quantitative estimate of drug-likeness (QED) is 0.186. The standard InChI is InChI=1S/C26H34N10O2S/c27-12-14-36(15-13-28)26-32-24(18-4-2-1-3-5-18)31-25(33-26)30-20-8-10-22(11-9-20)39(37,38)35-21-7-6-19-17-29-34-23(19)16-21/h6-11,16-18,35H,1-5,12-15,27-28H2,(H,29,34)(H,30,31,32,33). The van der Waals surface area contributed by atoms with Crippen molar-refractivity contribution in [3.05, 3.63) is 54.5 Å². The SMILES string of the molecule is NCCN(CCN)c1nc(Nc2ccc(S(=O)(=O)Nc3ccc4cn[nH]c4c3)cc2)nc(C2CCCCC2)n1. The second-order valence-electron chi connectivity index (χ2n) is 9.64. The normalized spacial score (nSPS) is 14.4. The maximum Gasteiger partial charge on any atom is 0.261 e. The lowest BCUT2D eigenvalue weighted by atomic mass is 9.89. The Morgan fingerprint density at radius 2 is 1.64 bits per heavy atom. The summed E-state index contributed by atoms with van der Waals surface area (Å²) in [6.07, 6.45) is 7.31. The van der Waals surface area contributed by atoms with Crippen molar-refractivity contribution in [1.29, 1.82) is 0 Å². The molecule has 12 nitrogen and oxygen atoms in total. The van der Waals surface area contributed by atoms with Gasteiger partial charge in [0.1, 0.15) is 5.82 Å². The fraction of sp³-hybridized carbons (Fsp3) is 0.385. The Labute approximate surface area is 227 Å². The summed E-state index contributed by atoms with van der Waals surface area (Å²) < 4.78 is 28.6. The van der Waals surface area contributed by atoms with E-state index in [0.29, 0.717) is 49.5 Å². The number of fused-ring (bicyclic) bond motifs is 1. The minimum atomic E-state index is -3.79. The van der Waals surface area contributed by atoms with Crippen molar-refractivity contribution >= 4 is 44.2 Å². The van der Waals surface area contributed by atoms with E-state index in [-0.39, 0.29) is 10.8 Å². The predicted molar refractivity (Wildman–Crippen MR) is 153 cm³/mol. The van der Waals surface area contributed by atoms with Crippen molar-refractivity contribution in [2.75, 3.05) is 41.1 Å². The Balaban J connectivity index is 1.36. The van der Waals surface area contributed by atoms with E-state index in [1.807, 2.05) is 4.90 Å². The summed E-state index contributed by atoms with van der Waals surface area (Å²) in [5.74, 6) is 1.99. The second-order valence-corrected chi connectivity index (χ2v) is 11.3. The first-order valence-corrected chi connectivity index (χ1v) is 14.7. The molecule has 4 aromatic rings. The highest BCUT2D eigenvalue weighted by molar-refractivity contribution is 7.92. The second kappa shape index (κ2) is 11.9. The first-order valence-electron chi connectivity index (χ1n) is 13.2. The van der Waals surface area contributed by atoms with E-state index in [1.165, 1.54) is 6.42 Å². The Hall–Kier alpha value is -3.81. The molecule has 0 atom stereocenters. The number of nitrogens with zero attached hydrogens (tertiary/aromatic N) is 5. The minimum absolute atomic E-state index is 0.133. The van der Waals surface area contributed by atoms with Crippen molar-refractivity contribution in [3.8, 4) is 0 Å². The fourth-order valence-corrected chi connectivity index (χ4v) is 5.86. The molecule has 2 aromatic heterocycles. The molecule has 5 rings (SSSR count). The summed E-state index contributed by atoms with van der Waals surface area (Å²) in [5, 5.41) is 10.9. The van der Waals surface area contributed by atoms with E-state index in [1.54, 1.807) is 48.7 Å². The molecule has 0 amide bonds. The summed E-state index contributed by atoms with van der Waals surface area (Å²) in [7, 11) is -3.79. The highest BCUT2D eigenvalue weighted by Crippen LogP contribution is 2.32. The third kappa shape index (κ3) is 6.44. The molecular formula is C26H34N10O2S. The van der Waals surface area contributed by atoms with E-state index in [0.717, 1.165) is 42.4 Å². The lowest BCUT2D eigenvalue weighted by Gasteiger charge is -2.25. The van der Waals surface area contributed by atoms with Crippen molar-refractivity contribution in [1.82, 2.24) is 25.1 Å². The molecule has 1 saturated carbocycles. The molecule has 0 radical (unpaired) electrons. The van der Waals surface area contributed by atoms with Crippen LogP contribution in [0, 0.1) is 0 Å². The molecule has 0 spiro atoms. The van der Waals surface area contributed by atoms with Gasteiger partial charge in [-0.05, 0) is 55.3 Å². The van der Waals surface area contributed by atoms with Gasteiger partial charge in [-0.15, -0.1) is 0 Å². The lowest BCUT2D eigenvalue weighted by molar-refractivity contribution is 0.428. The Morgan fingerprint density at radius 1 is 0.923 bits per heavy atom. The molecule has 206 valence electrons. The molecular weight excluding hydrogens is 516 g/mol. The van der Waals surface area contributed by atoms with Gasteiger partial charge in [-0.1, -0.05) is 19.3 Å². The molecule has 2 heterocycles. The summed E-state index contributed by atoms with van der Waals surface area (Å²) in [4.78, 5) is 16.3. The van der Waals surface area contributed by atoms with Gasteiger partial charge in [-0.3, -0.25) is 9.82 Å². The molecule has 13 heteroatoms. The number of nitrogens with two attached hydrogens (primary N) is 2. The first kappa shape index (κ1) is 26.8. The van der Waals surface area contributed by atoms with E-state index in [4.69, 9.17) is 21.4 Å². The number of nitrogens with one attached hydrogen (secondary N) is 3. The predicted octanol–water partition coefficient (Wildman–Crippen LogP) is 3.06.